The monoisotopic (exact) mass is 334 g/mol. The highest BCUT2D eigenvalue weighted by Gasteiger charge is 2.14. The lowest BCUT2D eigenvalue weighted by molar-refractivity contribution is -0.117. The van der Waals surface area contributed by atoms with Crippen molar-refractivity contribution in [3.63, 3.8) is 0 Å². The molecule has 0 aliphatic heterocycles. The summed E-state index contributed by atoms with van der Waals surface area (Å²) in [5.74, 6) is 0.616. The second-order valence-corrected chi connectivity index (χ2v) is 6.19. The molecule has 1 N–H and O–H groups in total. The molecule has 0 spiro atoms. The summed E-state index contributed by atoms with van der Waals surface area (Å²) in [7, 11) is 0. The molecule has 0 aliphatic carbocycles. The third-order valence-electron chi connectivity index (χ3n) is 4.11. The number of amides is 1. The standard InChI is InChI=1S/C20H22N4O/c1-15(11-12-17-8-4-3-5-9-17)14-19(25)21-16(2)20-23-22-18-10-6-7-13-24(18)20/h3-10,13-14,16H,11-12H2,1-2H3,(H,21,25)/b15-14-/t16-/m1/s1. The Hall–Kier alpha value is -2.95. The van der Waals surface area contributed by atoms with E-state index in [-0.39, 0.29) is 11.9 Å². The number of carbonyl (C=O) groups is 1. The lowest BCUT2D eigenvalue weighted by atomic mass is 10.1. The van der Waals surface area contributed by atoms with Gasteiger partial charge < -0.3 is 5.32 Å². The van der Waals surface area contributed by atoms with Crippen LogP contribution in [-0.4, -0.2) is 20.5 Å². The van der Waals surface area contributed by atoms with Crippen molar-refractivity contribution >= 4 is 11.6 Å². The predicted octanol–water partition coefficient (Wildman–Crippen LogP) is 3.49. The molecule has 0 aliphatic rings. The van der Waals surface area contributed by atoms with Crippen LogP contribution in [0.4, 0.5) is 0 Å². The second kappa shape index (κ2) is 7.75. The van der Waals surface area contributed by atoms with Gasteiger partial charge in [0.25, 0.3) is 0 Å². The maximum Gasteiger partial charge on any atom is 0.244 e. The summed E-state index contributed by atoms with van der Waals surface area (Å²) in [6, 6.07) is 15.8. The summed E-state index contributed by atoms with van der Waals surface area (Å²) in [6.45, 7) is 3.90. The Balaban J connectivity index is 1.59. The van der Waals surface area contributed by atoms with Gasteiger partial charge in [0, 0.05) is 12.3 Å². The molecule has 0 bridgehead atoms. The normalized spacial score (nSPS) is 13.0. The van der Waals surface area contributed by atoms with Crippen molar-refractivity contribution in [1.29, 1.82) is 0 Å². The molecular weight excluding hydrogens is 312 g/mol. The van der Waals surface area contributed by atoms with E-state index < -0.39 is 0 Å². The fourth-order valence-corrected chi connectivity index (χ4v) is 2.76. The van der Waals surface area contributed by atoms with Crippen LogP contribution in [0.25, 0.3) is 5.65 Å². The first-order chi connectivity index (χ1) is 12.1. The van der Waals surface area contributed by atoms with Crippen molar-refractivity contribution in [1.82, 2.24) is 19.9 Å². The molecule has 5 heteroatoms. The average molecular weight is 334 g/mol. The number of allylic oxidation sites excluding steroid dienone is 1. The quantitative estimate of drug-likeness (QED) is 0.702. The highest BCUT2D eigenvalue weighted by atomic mass is 16.1. The number of nitrogens with one attached hydrogen (secondary N) is 1. The fourth-order valence-electron chi connectivity index (χ4n) is 2.76. The van der Waals surface area contributed by atoms with E-state index in [1.807, 2.05) is 60.8 Å². The van der Waals surface area contributed by atoms with Crippen molar-refractivity contribution in [2.24, 2.45) is 0 Å². The number of carbonyl (C=O) groups excluding carboxylic acids is 1. The van der Waals surface area contributed by atoms with Gasteiger partial charge in [0.2, 0.25) is 5.91 Å². The van der Waals surface area contributed by atoms with Crippen LogP contribution in [0.1, 0.15) is 37.7 Å². The molecule has 1 atom stereocenters. The number of hydrogen-bond donors (Lipinski definition) is 1. The maximum absolute atomic E-state index is 12.3. The number of rotatable bonds is 6. The van der Waals surface area contributed by atoms with Gasteiger partial charge in [-0.1, -0.05) is 42.0 Å². The second-order valence-electron chi connectivity index (χ2n) is 6.19. The fraction of sp³-hybridized carbons (Fsp3) is 0.250. The van der Waals surface area contributed by atoms with E-state index in [4.69, 9.17) is 0 Å². The zero-order valence-corrected chi connectivity index (χ0v) is 14.5. The smallest absolute Gasteiger partial charge is 0.244 e. The molecule has 0 radical (unpaired) electrons. The molecule has 3 rings (SSSR count). The Morgan fingerprint density at radius 1 is 1.16 bits per heavy atom. The molecule has 0 fully saturated rings. The molecule has 0 saturated heterocycles. The first-order valence-corrected chi connectivity index (χ1v) is 8.45. The van der Waals surface area contributed by atoms with Crippen molar-refractivity contribution < 1.29 is 4.79 Å². The van der Waals surface area contributed by atoms with Gasteiger partial charge in [0.05, 0.1) is 6.04 Å². The van der Waals surface area contributed by atoms with Gasteiger partial charge in [-0.2, -0.15) is 0 Å². The van der Waals surface area contributed by atoms with Gasteiger partial charge in [-0.15, -0.1) is 10.2 Å². The minimum atomic E-state index is -0.219. The van der Waals surface area contributed by atoms with E-state index >= 15 is 0 Å². The zero-order chi connectivity index (χ0) is 17.6. The Labute approximate surface area is 147 Å². The van der Waals surface area contributed by atoms with Gasteiger partial charge in [-0.3, -0.25) is 9.20 Å². The van der Waals surface area contributed by atoms with Gasteiger partial charge in [-0.25, -0.2) is 0 Å². The number of fused-ring (bicyclic) bond motifs is 1. The van der Waals surface area contributed by atoms with Crippen LogP contribution in [-0.2, 0) is 11.2 Å². The third-order valence-corrected chi connectivity index (χ3v) is 4.11. The molecule has 25 heavy (non-hydrogen) atoms. The largest absolute Gasteiger partial charge is 0.343 e. The Bertz CT molecular complexity index is 883. The van der Waals surface area contributed by atoms with E-state index in [9.17, 15) is 4.79 Å². The lowest BCUT2D eigenvalue weighted by Crippen LogP contribution is -2.26. The number of hydrogen-bond acceptors (Lipinski definition) is 3. The van der Waals surface area contributed by atoms with Crippen LogP contribution in [0, 0.1) is 0 Å². The van der Waals surface area contributed by atoms with E-state index in [1.54, 1.807) is 6.08 Å². The van der Waals surface area contributed by atoms with E-state index in [1.165, 1.54) is 5.56 Å². The van der Waals surface area contributed by atoms with Gasteiger partial charge in [0.1, 0.15) is 0 Å². The topological polar surface area (TPSA) is 59.3 Å². The first-order valence-electron chi connectivity index (χ1n) is 8.45. The average Bonchev–Trinajstić information content (AvgIpc) is 3.05. The summed E-state index contributed by atoms with van der Waals surface area (Å²) in [5.41, 5.74) is 3.10. The lowest BCUT2D eigenvalue weighted by Gasteiger charge is -2.11. The molecular formula is C20H22N4O. The molecule has 5 nitrogen and oxygen atoms in total. The van der Waals surface area contributed by atoms with Crippen molar-refractivity contribution in [3.8, 4) is 0 Å². The molecule has 0 unspecified atom stereocenters. The van der Waals surface area contributed by atoms with Crippen LogP contribution < -0.4 is 5.32 Å². The summed E-state index contributed by atoms with van der Waals surface area (Å²) in [5, 5.41) is 11.3. The van der Waals surface area contributed by atoms with Crippen LogP contribution >= 0.6 is 0 Å². The predicted molar refractivity (Wildman–Crippen MR) is 98.1 cm³/mol. The van der Waals surface area contributed by atoms with Gasteiger partial charge >= 0.3 is 0 Å². The zero-order valence-electron chi connectivity index (χ0n) is 14.5. The number of benzene rings is 1. The first kappa shape index (κ1) is 16.9. The maximum atomic E-state index is 12.3. The number of aromatic nitrogens is 3. The van der Waals surface area contributed by atoms with Gasteiger partial charge in [0.15, 0.2) is 11.5 Å². The number of pyridine rings is 1. The molecule has 1 amide bonds. The minimum absolute atomic E-state index is 0.106. The SMILES string of the molecule is C/C(=C/C(=O)N[C@H](C)c1nnc2ccccn12)CCc1ccccc1. The highest BCUT2D eigenvalue weighted by molar-refractivity contribution is 5.88. The van der Waals surface area contributed by atoms with Crippen molar-refractivity contribution in [2.75, 3.05) is 0 Å². The Kier molecular flexibility index (Phi) is 5.23. The minimum Gasteiger partial charge on any atom is -0.343 e. The summed E-state index contributed by atoms with van der Waals surface area (Å²) in [6.07, 6.45) is 5.36. The highest BCUT2D eigenvalue weighted by Crippen LogP contribution is 2.12. The number of aryl methyl sites for hydroxylation is 1. The van der Waals surface area contributed by atoms with Gasteiger partial charge in [-0.05, 0) is 44.4 Å². The molecule has 2 heterocycles. The Morgan fingerprint density at radius 2 is 1.92 bits per heavy atom. The third kappa shape index (κ3) is 4.32. The van der Waals surface area contributed by atoms with Crippen LogP contribution in [0.2, 0.25) is 0 Å². The van der Waals surface area contributed by atoms with Crippen LogP contribution in [0.3, 0.4) is 0 Å². The van der Waals surface area contributed by atoms with Crippen molar-refractivity contribution in [3.05, 3.63) is 77.8 Å². The molecule has 0 saturated carbocycles. The van der Waals surface area contributed by atoms with Crippen molar-refractivity contribution in [2.45, 2.75) is 32.7 Å². The van der Waals surface area contributed by atoms with E-state index in [2.05, 4.69) is 27.6 Å². The summed E-state index contributed by atoms with van der Waals surface area (Å²) < 4.78 is 1.89. The van der Waals surface area contributed by atoms with Crippen LogP contribution in [0.15, 0.2) is 66.4 Å². The van der Waals surface area contributed by atoms with E-state index in [0.29, 0.717) is 0 Å². The molecule has 128 valence electrons. The number of nitrogens with zero attached hydrogens (tertiary/aromatic N) is 3. The summed E-state index contributed by atoms with van der Waals surface area (Å²) in [4.78, 5) is 12.3. The van der Waals surface area contributed by atoms with E-state index in [0.717, 1.165) is 29.9 Å². The summed E-state index contributed by atoms with van der Waals surface area (Å²) >= 11 is 0. The molecule has 2 aromatic heterocycles. The Morgan fingerprint density at radius 3 is 2.72 bits per heavy atom. The molecule has 3 aromatic rings. The van der Waals surface area contributed by atoms with Crippen LogP contribution in [0.5, 0.6) is 0 Å². The molecule has 1 aromatic carbocycles.